The SMILES string of the molecule is [c]1ccnc(N2CCC3(COC3)C2)c1. The topological polar surface area (TPSA) is 25.4 Å². The van der Waals surface area contributed by atoms with Crippen molar-refractivity contribution in [2.75, 3.05) is 31.2 Å². The summed E-state index contributed by atoms with van der Waals surface area (Å²) < 4.78 is 5.29. The van der Waals surface area contributed by atoms with Crippen molar-refractivity contribution in [2.24, 2.45) is 5.41 Å². The quantitative estimate of drug-likeness (QED) is 0.661. The molecule has 1 radical (unpaired) electrons. The van der Waals surface area contributed by atoms with Gasteiger partial charge in [-0.1, -0.05) is 0 Å². The second-order valence-electron chi connectivity index (χ2n) is 4.28. The highest BCUT2D eigenvalue weighted by Crippen LogP contribution is 2.38. The first-order chi connectivity index (χ1) is 6.88. The average Bonchev–Trinajstić information content (AvgIpc) is 2.63. The molecule has 0 atom stereocenters. The molecule has 0 unspecified atom stereocenters. The molecule has 3 heterocycles. The molecule has 3 nitrogen and oxygen atoms in total. The third-order valence-corrected chi connectivity index (χ3v) is 3.17. The number of rotatable bonds is 1. The maximum absolute atomic E-state index is 5.29. The summed E-state index contributed by atoms with van der Waals surface area (Å²) in [6, 6.07) is 6.86. The highest BCUT2D eigenvalue weighted by Gasteiger charge is 2.44. The van der Waals surface area contributed by atoms with E-state index in [9.17, 15) is 0 Å². The number of pyridine rings is 1. The molecule has 2 fully saturated rings. The van der Waals surface area contributed by atoms with Crippen molar-refractivity contribution >= 4 is 5.82 Å². The standard InChI is InChI=1S/C11H13N2O/c1-2-5-12-10(3-1)13-6-4-11(7-13)8-14-9-11/h2-3,5H,4,6-9H2. The fraction of sp³-hybridized carbons (Fsp3) is 0.545. The maximum Gasteiger partial charge on any atom is 0.129 e. The van der Waals surface area contributed by atoms with Crippen molar-refractivity contribution < 1.29 is 4.74 Å². The highest BCUT2D eigenvalue weighted by molar-refractivity contribution is 5.39. The van der Waals surface area contributed by atoms with Crippen LogP contribution in [0.15, 0.2) is 18.3 Å². The average molecular weight is 189 g/mol. The number of nitrogens with zero attached hydrogens (tertiary/aromatic N) is 2. The van der Waals surface area contributed by atoms with E-state index in [1.807, 2.05) is 12.1 Å². The summed E-state index contributed by atoms with van der Waals surface area (Å²) in [6.45, 7) is 4.06. The molecule has 2 saturated heterocycles. The Morgan fingerprint density at radius 1 is 1.50 bits per heavy atom. The Kier molecular flexibility index (Phi) is 1.74. The van der Waals surface area contributed by atoms with Crippen LogP contribution in [0.5, 0.6) is 0 Å². The lowest BCUT2D eigenvalue weighted by Crippen LogP contribution is -2.44. The lowest BCUT2D eigenvalue weighted by Gasteiger charge is -2.37. The van der Waals surface area contributed by atoms with Gasteiger partial charge in [-0.25, -0.2) is 4.98 Å². The largest absolute Gasteiger partial charge is 0.380 e. The zero-order valence-corrected chi connectivity index (χ0v) is 8.07. The third kappa shape index (κ3) is 1.20. The van der Waals surface area contributed by atoms with E-state index in [0.717, 1.165) is 32.1 Å². The fourth-order valence-corrected chi connectivity index (χ4v) is 2.25. The number of hydrogen-bond acceptors (Lipinski definition) is 3. The second kappa shape index (κ2) is 2.95. The number of anilines is 1. The molecule has 1 spiro atoms. The van der Waals surface area contributed by atoms with Crippen LogP contribution in [-0.4, -0.2) is 31.3 Å². The highest BCUT2D eigenvalue weighted by atomic mass is 16.5. The molecular formula is C11H13N2O. The van der Waals surface area contributed by atoms with E-state index < -0.39 is 0 Å². The summed E-state index contributed by atoms with van der Waals surface area (Å²) >= 11 is 0. The van der Waals surface area contributed by atoms with E-state index >= 15 is 0 Å². The van der Waals surface area contributed by atoms with Crippen molar-refractivity contribution in [2.45, 2.75) is 6.42 Å². The lowest BCUT2D eigenvalue weighted by atomic mass is 9.85. The van der Waals surface area contributed by atoms with Crippen LogP contribution in [0, 0.1) is 11.5 Å². The van der Waals surface area contributed by atoms with Crippen molar-refractivity contribution in [3.8, 4) is 0 Å². The molecule has 1 aromatic heterocycles. The number of hydrogen-bond donors (Lipinski definition) is 0. The van der Waals surface area contributed by atoms with Gasteiger partial charge in [0.25, 0.3) is 0 Å². The molecule has 0 amide bonds. The fourth-order valence-electron chi connectivity index (χ4n) is 2.25. The van der Waals surface area contributed by atoms with Crippen LogP contribution in [0.4, 0.5) is 5.82 Å². The van der Waals surface area contributed by atoms with Gasteiger partial charge in [0.2, 0.25) is 0 Å². The molecule has 0 saturated carbocycles. The molecule has 3 heteroatoms. The van der Waals surface area contributed by atoms with Crippen molar-refractivity contribution in [1.82, 2.24) is 4.98 Å². The minimum atomic E-state index is 0.442. The van der Waals surface area contributed by atoms with Crippen molar-refractivity contribution in [1.29, 1.82) is 0 Å². The summed E-state index contributed by atoms with van der Waals surface area (Å²) in [5.74, 6) is 1.05. The van der Waals surface area contributed by atoms with E-state index in [2.05, 4.69) is 16.0 Å². The molecule has 2 aliphatic rings. The lowest BCUT2D eigenvalue weighted by molar-refractivity contribution is -0.0985. The monoisotopic (exact) mass is 189 g/mol. The summed E-state index contributed by atoms with van der Waals surface area (Å²) in [6.07, 6.45) is 3.04. The smallest absolute Gasteiger partial charge is 0.129 e. The van der Waals surface area contributed by atoms with Gasteiger partial charge in [0, 0.05) is 24.7 Å². The first kappa shape index (κ1) is 8.24. The molecule has 1 aromatic rings. The first-order valence-corrected chi connectivity index (χ1v) is 5.03. The Morgan fingerprint density at radius 2 is 2.43 bits per heavy atom. The molecule has 14 heavy (non-hydrogen) atoms. The van der Waals surface area contributed by atoms with Gasteiger partial charge in [-0.3, -0.25) is 0 Å². The van der Waals surface area contributed by atoms with Crippen LogP contribution in [0.25, 0.3) is 0 Å². The van der Waals surface area contributed by atoms with E-state index in [1.54, 1.807) is 6.20 Å². The van der Waals surface area contributed by atoms with E-state index in [4.69, 9.17) is 4.74 Å². The minimum Gasteiger partial charge on any atom is -0.380 e. The van der Waals surface area contributed by atoms with Gasteiger partial charge < -0.3 is 9.64 Å². The van der Waals surface area contributed by atoms with Gasteiger partial charge >= 0.3 is 0 Å². The van der Waals surface area contributed by atoms with E-state index in [-0.39, 0.29) is 0 Å². The predicted molar refractivity (Wildman–Crippen MR) is 53.2 cm³/mol. The normalized spacial score (nSPS) is 23.9. The third-order valence-electron chi connectivity index (χ3n) is 3.17. The number of ether oxygens (including phenoxy) is 1. The summed E-state index contributed by atoms with van der Waals surface area (Å²) in [5, 5.41) is 0. The Labute approximate surface area is 83.7 Å². The minimum absolute atomic E-state index is 0.442. The van der Waals surface area contributed by atoms with Crippen LogP contribution in [0.3, 0.4) is 0 Å². The van der Waals surface area contributed by atoms with Gasteiger partial charge in [0.05, 0.1) is 13.2 Å². The van der Waals surface area contributed by atoms with Gasteiger partial charge in [-0.2, -0.15) is 0 Å². The van der Waals surface area contributed by atoms with Crippen molar-refractivity contribution in [3.05, 3.63) is 24.4 Å². The van der Waals surface area contributed by atoms with Crippen LogP contribution in [0.1, 0.15) is 6.42 Å². The molecule has 2 aliphatic heterocycles. The Morgan fingerprint density at radius 3 is 3.00 bits per heavy atom. The van der Waals surface area contributed by atoms with Gasteiger partial charge in [-0.15, -0.1) is 0 Å². The molecule has 0 N–H and O–H groups in total. The van der Waals surface area contributed by atoms with Gasteiger partial charge in [-0.05, 0) is 24.6 Å². The van der Waals surface area contributed by atoms with E-state index in [0.29, 0.717) is 5.41 Å². The van der Waals surface area contributed by atoms with Crippen molar-refractivity contribution in [3.63, 3.8) is 0 Å². The molecule has 0 aliphatic carbocycles. The maximum atomic E-state index is 5.29. The molecular weight excluding hydrogens is 176 g/mol. The second-order valence-corrected chi connectivity index (χ2v) is 4.28. The predicted octanol–water partition coefficient (Wildman–Crippen LogP) is 1.11. The van der Waals surface area contributed by atoms with Gasteiger partial charge in [0.15, 0.2) is 0 Å². The molecule has 3 rings (SSSR count). The van der Waals surface area contributed by atoms with Crippen LogP contribution < -0.4 is 4.90 Å². The zero-order valence-electron chi connectivity index (χ0n) is 8.07. The number of aromatic nitrogens is 1. The Balaban J connectivity index is 1.76. The molecule has 0 bridgehead atoms. The van der Waals surface area contributed by atoms with E-state index in [1.165, 1.54) is 6.42 Å². The van der Waals surface area contributed by atoms with Crippen LogP contribution in [-0.2, 0) is 4.74 Å². The van der Waals surface area contributed by atoms with Crippen LogP contribution >= 0.6 is 0 Å². The molecule has 0 aromatic carbocycles. The summed E-state index contributed by atoms with van der Waals surface area (Å²) in [4.78, 5) is 6.67. The Bertz CT molecular complexity index is 321. The Hall–Kier alpha value is -1.09. The summed E-state index contributed by atoms with van der Waals surface area (Å²) in [7, 11) is 0. The molecule has 73 valence electrons. The van der Waals surface area contributed by atoms with Crippen LogP contribution in [0.2, 0.25) is 0 Å². The first-order valence-electron chi connectivity index (χ1n) is 5.03. The summed E-state index contributed by atoms with van der Waals surface area (Å²) in [5.41, 5.74) is 0.442. The van der Waals surface area contributed by atoms with Gasteiger partial charge in [0.1, 0.15) is 5.82 Å². The zero-order chi connectivity index (χ0) is 9.43.